The lowest BCUT2D eigenvalue weighted by Crippen LogP contribution is -2.09. The van der Waals surface area contributed by atoms with Gasteiger partial charge in [0.2, 0.25) is 0 Å². The van der Waals surface area contributed by atoms with Gasteiger partial charge >= 0.3 is 0 Å². The third-order valence-electron chi connectivity index (χ3n) is 3.42. The molecule has 20 heavy (non-hydrogen) atoms. The van der Waals surface area contributed by atoms with Crippen molar-refractivity contribution < 1.29 is 0 Å². The quantitative estimate of drug-likeness (QED) is 0.886. The lowest BCUT2D eigenvalue weighted by atomic mass is 10.1. The molecule has 1 aromatic carbocycles. The Morgan fingerprint density at radius 3 is 2.30 bits per heavy atom. The van der Waals surface area contributed by atoms with Crippen LogP contribution in [-0.4, -0.2) is 16.5 Å². The van der Waals surface area contributed by atoms with E-state index in [2.05, 4.69) is 62.3 Å². The van der Waals surface area contributed by atoms with Gasteiger partial charge in [0, 0.05) is 23.4 Å². The third kappa shape index (κ3) is 3.16. The van der Waals surface area contributed by atoms with Gasteiger partial charge in [0.1, 0.15) is 5.82 Å². The Morgan fingerprint density at radius 2 is 1.70 bits per heavy atom. The van der Waals surface area contributed by atoms with Crippen LogP contribution in [0.15, 0.2) is 24.3 Å². The first kappa shape index (κ1) is 14.5. The van der Waals surface area contributed by atoms with Crippen molar-refractivity contribution in [1.29, 1.82) is 0 Å². The highest BCUT2D eigenvalue weighted by atomic mass is 15.0. The fourth-order valence-corrected chi connectivity index (χ4v) is 2.24. The van der Waals surface area contributed by atoms with Crippen molar-refractivity contribution in [2.45, 2.75) is 40.5 Å². The first-order chi connectivity index (χ1) is 9.65. The maximum atomic E-state index is 4.72. The fraction of sp³-hybridized carbons (Fsp3) is 0.412. The fourth-order valence-electron chi connectivity index (χ4n) is 2.24. The SMILES string of the molecule is CCCNc1nc(-c2ccc(C)cc2)nc(C)c1CC. The van der Waals surface area contributed by atoms with Gasteiger partial charge in [0.15, 0.2) is 5.82 Å². The van der Waals surface area contributed by atoms with E-state index in [4.69, 9.17) is 4.98 Å². The van der Waals surface area contributed by atoms with Crippen LogP contribution in [0.3, 0.4) is 0 Å². The molecule has 1 aromatic heterocycles. The van der Waals surface area contributed by atoms with E-state index in [0.717, 1.165) is 42.3 Å². The van der Waals surface area contributed by atoms with Gasteiger partial charge in [-0.3, -0.25) is 0 Å². The maximum Gasteiger partial charge on any atom is 0.161 e. The standard InChI is InChI=1S/C17H23N3/c1-5-11-18-17-15(6-2)13(4)19-16(20-17)14-9-7-12(3)8-10-14/h7-10H,5-6,11H2,1-4H3,(H,18,19,20). The Morgan fingerprint density at radius 1 is 1.00 bits per heavy atom. The lowest BCUT2D eigenvalue weighted by molar-refractivity contribution is 0.938. The van der Waals surface area contributed by atoms with Crippen LogP contribution in [0.1, 0.15) is 37.1 Å². The summed E-state index contributed by atoms with van der Waals surface area (Å²) in [6, 6.07) is 8.36. The van der Waals surface area contributed by atoms with E-state index < -0.39 is 0 Å². The summed E-state index contributed by atoms with van der Waals surface area (Å²) in [4.78, 5) is 9.38. The summed E-state index contributed by atoms with van der Waals surface area (Å²) < 4.78 is 0. The molecule has 106 valence electrons. The number of nitrogens with zero attached hydrogens (tertiary/aromatic N) is 2. The molecule has 0 aliphatic rings. The summed E-state index contributed by atoms with van der Waals surface area (Å²) in [6.45, 7) is 9.40. The minimum absolute atomic E-state index is 0.804. The Labute approximate surface area is 121 Å². The molecule has 0 unspecified atom stereocenters. The zero-order valence-electron chi connectivity index (χ0n) is 12.8. The molecule has 0 amide bonds. The Kier molecular flexibility index (Phi) is 4.72. The van der Waals surface area contributed by atoms with Crippen molar-refractivity contribution in [3.63, 3.8) is 0 Å². The summed E-state index contributed by atoms with van der Waals surface area (Å²) in [5.74, 6) is 1.79. The minimum atomic E-state index is 0.804. The Hall–Kier alpha value is -1.90. The monoisotopic (exact) mass is 269 g/mol. The second-order valence-electron chi connectivity index (χ2n) is 5.11. The van der Waals surface area contributed by atoms with Gasteiger partial charge in [-0.05, 0) is 26.7 Å². The third-order valence-corrected chi connectivity index (χ3v) is 3.42. The molecule has 1 N–H and O–H groups in total. The van der Waals surface area contributed by atoms with Gasteiger partial charge in [0.05, 0.1) is 0 Å². The number of hydrogen-bond donors (Lipinski definition) is 1. The van der Waals surface area contributed by atoms with Gasteiger partial charge in [-0.15, -0.1) is 0 Å². The zero-order valence-corrected chi connectivity index (χ0v) is 12.8. The molecule has 2 aromatic rings. The summed E-state index contributed by atoms with van der Waals surface area (Å²) in [5.41, 5.74) is 4.60. The smallest absolute Gasteiger partial charge is 0.161 e. The van der Waals surface area contributed by atoms with Crippen molar-refractivity contribution >= 4 is 5.82 Å². The summed E-state index contributed by atoms with van der Waals surface area (Å²) in [7, 11) is 0. The van der Waals surface area contributed by atoms with Crippen molar-refractivity contribution in [2.24, 2.45) is 0 Å². The molecule has 0 saturated heterocycles. The first-order valence-corrected chi connectivity index (χ1v) is 7.34. The van der Waals surface area contributed by atoms with Crippen LogP contribution in [0, 0.1) is 13.8 Å². The molecule has 3 heteroatoms. The maximum absolute atomic E-state index is 4.72. The van der Waals surface area contributed by atoms with E-state index in [0.29, 0.717) is 0 Å². The van der Waals surface area contributed by atoms with Crippen LogP contribution in [0.25, 0.3) is 11.4 Å². The number of hydrogen-bond acceptors (Lipinski definition) is 3. The van der Waals surface area contributed by atoms with Crippen molar-refractivity contribution in [3.8, 4) is 11.4 Å². The summed E-state index contributed by atoms with van der Waals surface area (Å²) in [6.07, 6.45) is 2.04. The normalized spacial score (nSPS) is 10.6. The predicted octanol–water partition coefficient (Wildman–Crippen LogP) is 4.14. The largest absolute Gasteiger partial charge is 0.370 e. The van der Waals surface area contributed by atoms with Crippen molar-refractivity contribution in [2.75, 3.05) is 11.9 Å². The van der Waals surface area contributed by atoms with E-state index in [1.54, 1.807) is 0 Å². The molecule has 3 nitrogen and oxygen atoms in total. The van der Waals surface area contributed by atoms with Crippen LogP contribution in [0.2, 0.25) is 0 Å². The van der Waals surface area contributed by atoms with E-state index in [9.17, 15) is 0 Å². The second kappa shape index (κ2) is 6.51. The topological polar surface area (TPSA) is 37.8 Å². The molecule has 0 fully saturated rings. The number of aromatic nitrogens is 2. The predicted molar refractivity (Wildman–Crippen MR) is 85.1 cm³/mol. The molecule has 1 heterocycles. The van der Waals surface area contributed by atoms with Gasteiger partial charge in [-0.2, -0.15) is 0 Å². The number of nitrogens with one attached hydrogen (secondary N) is 1. The van der Waals surface area contributed by atoms with Crippen LogP contribution in [0.4, 0.5) is 5.82 Å². The minimum Gasteiger partial charge on any atom is -0.370 e. The van der Waals surface area contributed by atoms with Crippen LogP contribution in [0.5, 0.6) is 0 Å². The Balaban J connectivity index is 2.44. The van der Waals surface area contributed by atoms with Crippen LogP contribution >= 0.6 is 0 Å². The van der Waals surface area contributed by atoms with E-state index >= 15 is 0 Å². The number of benzene rings is 1. The summed E-state index contributed by atoms with van der Waals surface area (Å²) in [5, 5.41) is 3.43. The second-order valence-corrected chi connectivity index (χ2v) is 5.11. The van der Waals surface area contributed by atoms with Crippen LogP contribution < -0.4 is 5.32 Å². The van der Waals surface area contributed by atoms with E-state index in [-0.39, 0.29) is 0 Å². The van der Waals surface area contributed by atoms with E-state index in [1.165, 1.54) is 11.1 Å². The average Bonchev–Trinajstić information content (AvgIpc) is 2.45. The molecular formula is C17H23N3. The highest BCUT2D eigenvalue weighted by Gasteiger charge is 2.11. The number of anilines is 1. The number of aryl methyl sites for hydroxylation is 2. The van der Waals surface area contributed by atoms with E-state index in [1.807, 2.05) is 0 Å². The molecule has 0 atom stereocenters. The zero-order chi connectivity index (χ0) is 14.5. The first-order valence-electron chi connectivity index (χ1n) is 7.34. The molecule has 0 aliphatic carbocycles. The molecular weight excluding hydrogens is 246 g/mol. The van der Waals surface area contributed by atoms with Gasteiger partial charge in [-0.25, -0.2) is 9.97 Å². The van der Waals surface area contributed by atoms with Crippen molar-refractivity contribution in [1.82, 2.24) is 9.97 Å². The molecule has 0 aliphatic heterocycles. The highest BCUT2D eigenvalue weighted by Crippen LogP contribution is 2.23. The molecule has 0 spiro atoms. The molecule has 2 rings (SSSR count). The Bertz CT molecular complexity index is 574. The summed E-state index contributed by atoms with van der Waals surface area (Å²) >= 11 is 0. The lowest BCUT2D eigenvalue weighted by Gasteiger charge is -2.13. The molecule has 0 radical (unpaired) electrons. The van der Waals surface area contributed by atoms with Crippen LogP contribution in [-0.2, 0) is 6.42 Å². The number of rotatable bonds is 5. The molecule has 0 saturated carbocycles. The van der Waals surface area contributed by atoms with Crippen molar-refractivity contribution in [3.05, 3.63) is 41.1 Å². The van der Waals surface area contributed by atoms with Gasteiger partial charge < -0.3 is 5.32 Å². The van der Waals surface area contributed by atoms with Gasteiger partial charge in [-0.1, -0.05) is 43.7 Å². The average molecular weight is 269 g/mol. The van der Waals surface area contributed by atoms with Gasteiger partial charge in [0.25, 0.3) is 0 Å². The highest BCUT2D eigenvalue weighted by molar-refractivity contribution is 5.60. The molecule has 0 bridgehead atoms.